The van der Waals surface area contributed by atoms with E-state index < -0.39 is 0 Å². The lowest BCUT2D eigenvalue weighted by Gasteiger charge is -2.23. The number of rotatable bonds is 3. The lowest BCUT2D eigenvalue weighted by atomic mass is 10.1. The van der Waals surface area contributed by atoms with E-state index in [1.807, 2.05) is 6.20 Å². The summed E-state index contributed by atoms with van der Waals surface area (Å²) < 4.78 is 5.87. The van der Waals surface area contributed by atoms with Crippen molar-refractivity contribution in [2.75, 3.05) is 13.1 Å². The summed E-state index contributed by atoms with van der Waals surface area (Å²) in [6.45, 7) is 4.20. The van der Waals surface area contributed by atoms with Crippen molar-refractivity contribution >= 4 is 0 Å². The number of aromatic nitrogens is 1. The highest BCUT2D eigenvalue weighted by atomic mass is 16.5. The summed E-state index contributed by atoms with van der Waals surface area (Å²) >= 11 is 0. The van der Waals surface area contributed by atoms with Gasteiger partial charge in [0.05, 0.1) is 6.20 Å². The second kappa shape index (κ2) is 5.12. The van der Waals surface area contributed by atoms with Crippen molar-refractivity contribution in [2.45, 2.75) is 32.3 Å². The summed E-state index contributed by atoms with van der Waals surface area (Å²) in [7, 11) is 0. The largest absolute Gasteiger partial charge is 0.487 e. The number of hydrogen-bond acceptors (Lipinski definition) is 3. The second-order valence-corrected chi connectivity index (χ2v) is 3.97. The molecule has 1 N–H and O–H groups in total. The van der Waals surface area contributed by atoms with E-state index in [-0.39, 0.29) is 0 Å². The highest BCUT2D eigenvalue weighted by Crippen LogP contribution is 2.16. The van der Waals surface area contributed by atoms with E-state index in [2.05, 4.69) is 23.3 Å². The third kappa shape index (κ3) is 2.93. The van der Waals surface area contributed by atoms with Gasteiger partial charge in [0.15, 0.2) is 0 Å². The Morgan fingerprint density at radius 3 is 3.20 bits per heavy atom. The molecule has 1 saturated heterocycles. The molecule has 1 aliphatic rings. The standard InChI is InChI=1S/C12H18N2O/c1-2-10-6-12(9-14-7-10)15-11-4-3-5-13-8-11/h6-7,9,11,13H,2-5,8H2,1H3/t11-/m0/s1. The number of hydrogen-bond donors (Lipinski definition) is 1. The van der Waals surface area contributed by atoms with E-state index in [0.717, 1.165) is 31.7 Å². The van der Waals surface area contributed by atoms with Gasteiger partial charge >= 0.3 is 0 Å². The summed E-state index contributed by atoms with van der Waals surface area (Å²) in [5.41, 5.74) is 1.23. The van der Waals surface area contributed by atoms with Crippen molar-refractivity contribution in [3.05, 3.63) is 24.0 Å². The minimum Gasteiger partial charge on any atom is -0.487 e. The van der Waals surface area contributed by atoms with Crippen molar-refractivity contribution in [1.82, 2.24) is 10.3 Å². The lowest BCUT2D eigenvalue weighted by molar-refractivity contribution is 0.166. The van der Waals surface area contributed by atoms with Crippen LogP contribution in [0, 0.1) is 0 Å². The number of piperidine rings is 1. The monoisotopic (exact) mass is 206 g/mol. The Morgan fingerprint density at radius 2 is 2.47 bits per heavy atom. The zero-order valence-corrected chi connectivity index (χ0v) is 9.20. The fourth-order valence-corrected chi connectivity index (χ4v) is 1.83. The highest BCUT2D eigenvalue weighted by Gasteiger charge is 2.14. The van der Waals surface area contributed by atoms with Crippen molar-refractivity contribution in [3.8, 4) is 5.75 Å². The highest BCUT2D eigenvalue weighted by molar-refractivity contribution is 5.23. The fourth-order valence-electron chi connectivity index (χ4n) is 1.83. The van der Waals surface area contributed by atoms with Crippen molar-refractivity contribution in [3.63, 3.8) is 0 Å². The molecule has 1 atom stereocenters. The van der Waals surface area contributed by atoms with Crippen LogP contribution in [-0.4, -0.2) is 24.2 Å². The molecule has 3 nitrogen and oxygen atoms in total. The molecule has 0 saturated carbocycles. The Balaban J connectivity index is 1.96. The third-order valence-electron chi connectivity index (χ3n) is 2.73. The molecule has 0 amide bonds. The minimum atomic E-state index is 0.313. The maximum atomic E-state index is 5.87. The van der Waals surface area contributed by atoms with Gasteiger partial charge in [-0.25, -0.2) is 0 Å². The molecule has 3 heteroatoms. The van der Waals surface area contributed by atoms with Crippen LogP contribution in [0.2, 0.25) is 0 Å². The Kier molecular flexibility index (Phi) is 3.56. The quantitative estimate of drug-likeness (QED) is 0.818. The van der Waals surface area contributed by atoms with E-state index in [1.54, 1.807) is 6.20 Å². The van der Waals surface area contributed by atoms with Gasteiger partial charge in [0, 0.05) is 12.7 Å². The van der Waals surface area contributed by atoms with Gasteiger partial charge in [0.1, 0.15) is 11.9 Å². The summed E-state index contributed by atoms with van der Waals surface area (Å²) in [5.74, 6) is 0.906. The molecule has 0 unspecified atom stereocenters. The van der Waals surface area contributed by atoms with E-state index in [9.17, 15) is 0 Å². The molecule has 0 radical (unpaired) electrons. The van der Waals surface area contributed by atoms with Gasteiger partial charge in [-0.05, 0) is 37.4 Å². The van der Waals surface area contributed by atoms with E-state index in [0.29, 0.717) is 6.10 Å². The molecule has 1 aromatic rings. The average molecular weight is 206 g/mol. The van der Waals surface area contributed by atoms with Crippen LogP contribution in [0.1, 0.15) is 25.3 Å². The number of ether oxygens (including phenoxy) is 1. The Morgan fingerprint density at radius 1 is 1.53 bits per heavy atom. The topological polar surface area (TPSA) is 34.1 Å². The van der Waals surface area contributed by atoms with Crippen LogP contribution < -0.4 is 10.1 Å². The zero-order valence-electron chi connectivity index (χ0n) is 9.20. The SMILES string of the molecule is CCc1cncc(O[C@H]2CCCNC2)c1. The summed E-state index contributed by atoms with van der Waals surface area (Å²) in [5, 5.41) is 3.34. The molecular weight excluding hydrogens is 188 g/mol. The molecule has 1 aliphatic heterocycles. The van der Waals surface area contributed by atoms with Gasteiger partial charge in [-0.15, -0.1) is 0 Å². The van der Waals surface area contributed by atoms with Gasteiger partial charge in [-0.3, -0.25) is 4.98 Å². The van der Waals surface area contributed by atoms with E-state index in [1.165, 1.54) is 12.0 Å². The fraction of sp³-hybridized carbons (Fsp3) is 0.583. The van der Waals surface area contributed by atoms with E-state index in [4.69, 9.17) is 4.74 Å². The van der Waals surface area contributed by atoms with Gasteiger partial charge in [0.2, 0.25) is 0 Å². The molecule has 2 heterocycles. The molecule has 2 rings (SSSR count). The molecule has 82 valence electrons. The van der Waals surface area contributed by atoms with Gasteiger partial charge in [-0.1, -0.05) is 6.92 Å². The molecule has 0 aromatic carbocycles. The van der Waals surface area contributed by atoms with Crippen molar-refractivity contribution in [1.29, 1.82) is 0 Å². The normalized spacial score (nSPS) is 21.3. The molecule has 1 aromatic heterocycles. The maximum Gasteiger partial charge on any atom is 0.138 e. The smallest absolute Gasteiger partial charge is 0.138 e. The van der Waals surface area contributed by atoms with Gasteiger partial charge < -0.3 is 10.1 Å². The first kappa shape index (κ1) is 10.4. The zero-order chi connectivity index (χ0) is 10.5. The van der Waals surface area contributed by atoms with Crippen LogP contribution >= 0.6 is 0 Å². The molecule has 0 spiro atoms. The number of pyridine rings is 1. The lowest BCUT2D eigenvalue weighted by Crippen LogP contribution is -2.37. The van der Waals surface area contributed by atoms with Crippen LogP contribution in [-0.2, 0) is 6.42 Å². The number of aryl methyl sites for hydroxylation is 1. The predicted octanol–water partition coefficient (Wildman–Crippen LogP) is 1.77. The number of nitrogens with zero attached hydrogens (tertiary/aromatic N) is 1. The van der Waals surface area contributed by atoms with Crippen molar-refractivity contribution in [2.24, 2.45) is 0 Å². The van der Waals surface area contributed by atoms with Crippen LogP contribution in [0.4, 0.5) is 0 Å². The van der Waals surface area contributed by atoms with Crippen LogP contribution in [0.15, 0.2) is 18.5 Å². The van der Waals surface area contributed by atoms with Crippen molar-refractivity contribution < 1.29 is 4.74 Å². The Bertz CT molecular complexity index is 308. The maximum absolute atomic E-state index is 5.87. The number of nitrogens with one attached hydrogen (secondary N) is 1. The summed E-state index contributed by atoms with van der Waals surface area (Å²) in [4.78, 5) is 4.18. The second-order valence-electron chi connectivity index (χ2n) is 3.97. The van der Waals surface area contributed by atoms with Gasteiger partial charge in [0.25, 0.3) is 0 Å². The average Bonchev–Trinajstić information content (AvgIpc) is 2.31. The molecular formula is C12H18N2O. The molecule has 0 aliphatic carbocycles. The first-order valence-corrected chi connectivity index (χ1v) is 5.70. The predicted molar refractivity (Wildman–Crippen MR) is 60.1 cm³/mol. The molecule has 0 bridgehead atoms. The molecule has 1 fully saturated rings. The molecule has 15 heavy (non-hydrogen) atoms. The van der Waals surface area contributed by atoms with Crippen LogP contribution in [0.25, 0.3) is 0 Å². The minimum absolute atomic E-state index is 0.313. The van der Waals surface area contributed by atoms with Crippen LogP contribution in [0.5, 0.6) is 5.75 Å². The third-order valence-corrected chi connectivity index (χ3v) is 2.73. The van der Waals surface area contributed by atoms with Crippen LogP contribution in [0.3, 0.4) is 0 Å². The first-order chi connectivity index (χ1) is 7.38. The summed E-state index contributed by atoms with van der Waals surface area (Å²) in [6, 6.07) is 2.08. The summed E-state index contributed by atoms with van der Waals surface area (Å²) in [6.07, 6.45) is 7.36. The van der Waals surface area contributed by atoms with E-state index >= 15 is 0 Å². The Hall–Kier alpha value is -1.09. The van der Waals surface area contributed by atoms with Gasteiger partial charge in [-0.2, -0.15) is 0 Å². The first-order valence-electron chi connectivity index (χ1n) is 5.70. The Labute approximate surface area is 90.9 Å².